The van der Waals surface area contributed by atoms with Crippen LogP contribution in [0.4, 0.5) is 10.1 Å². The predicted octanol–water partition coefficient (Wildman–Crippen LogP) is 3.41. The van der Waals surface area contributed by atoms with Crippen LogP contribution in [0.2, 0.25) is 0 Å². The second-order valence-electron chi connectivity index (χ2n) is 5.42. The molecule has 0 radical (unpaired) electrons. The fourth-order valence-corrected chi connectivity index (χ4v) is 2.62. The molecule has 0 saturated heterocycles. The molecule has 0 aliphatic carbocycles. The molecule has 4 rings (SSSR count). The Hall–Kier alpha value is -3.48. The maximum atomic E-state index is 13.1. The maximum Gasteiger partial charge on any atom is 0.277 e. The highest BCUT2D eigenvalue weighted by atomic mass is 19.1. The zero-order valence-corrected chi connectivity index (χ0v) is 13.3. The van der Waals surface area contributed by atoms with Gasteiger partial charge in [-0.3, -0.25) is 9.20 Å². The van der Waals surface area contributed by atoms with E-state index in [1.807, 2.05) is 0 Å². The van der Waals surface area contributed by atoms with E-state index in [2.05, 4.69) is 9.97 Å². The Morgan fingerprint density at radius 2 is 2.00 bits per heavy atom. The van der Waals surface area contributed by atoms with Crippen LogP contribution in [0.3, 0.4) is 0 Å². The molecule has 0 saturated carbocycles. The third kappa shape index (κ3) is 2.55. The lowest BCUT2D eigenvalue weighted by Crippen LogP contribution is -2.28. The number of halogens is 1. The number of hydrogen-bond acceptors (Lipinski definition) is 4. The molecule has 1 amide bonds. The molecule has 6 nitrogen and oxygen atoms in total. The first-order valence-corrected chi connectivity index (χ1v) is 7.56. The third-order valence-electron chi connectivity index (χ3n) is 3.88. The van der Waals surface area contributed by atoms with Gasteiger partial charge in [-0.2, -0.15) is 0 Å². The number of carbonyl (C=O) groups is 1. The Bertz CT molecular complexity index is 1040. The maximum absolute atomic E-state index is 13.1. The summed E-state index contributed by atoms with van der Waals surface area (Å²) in [5.41, 5.74) is 1.29. The van der Waals surface area contributed by atoms with E-state index in [9.17, 15) is 9.18 Å². The Morgan fingerprint density at radius 1 is 1.20 bits per heavy atom. The molecule has 0 unspecified atom stereocenters. The van der Waals surface area contributed by atoms with E-state index in [1.165, 1.54) is 23.3 Å². The van der Waals surface area contributed by atoms with Gasteiger partial charge in [-0.1, -0.05) is 0 Å². The van der Waals surface area contributed by atoms with Gasteiger partial charge in [0.25, 0.3) is 5.91 Å². The standard InChI is InChI=1S/C18H13FN4O2/c1-22(13-7-5-12(19)6-8-13)17(24)16-15(14-4-2-11-25-14)21-18-20-9-3-10-23(16)18/h2-11H,1H3. The van der Waals surface area contributed by atoms with Crippen molar-refractivity contribution in [3.63, 3.8) is 0 Å². The summed E-state index contributed by atoms with van der Waals surface area (Å²) in [5.74, 6) is 0.199. The molecule has 3 heterocycles. The van der Waals surface area contributed by atoms with Gasteiger partial charge in [0.05, 0.1) is 6.26 Å². The summed E-state index contributed by atoms with van der Waals surface area (Å²) >= 11 is 0. The number of carbonyl (C=O) groups excluding carboxylic acids is 1. The molecule has 1 aromatic carbocycles. The van der Waals surface area contributed by atoms with E-state index in [4.69, 9.17) is 4.42 Å². The highest BCUT2D eigenvalue weighted by Gasteiger charge is 2.25. The highest BCUT2D eigenvalue weighted by molar-refractivity contribution is 6.08. The molecule has 4 aromatic rings. The van der Waals surface area contributed by atoms with Crippen LogP contribution in [0.15, 0.2) is 65.5 Å². The van der Waals surface area contributed by atoms with Crippen LogP contribution in [-0.2, 0) is 0 Å². The molecule has 7 heteroatoms. The number of nitrogens with zero attached hydrogens (tertiary/aromatic N) is 4. The number of benzene rings is 1. The van der Waals surface area contributed by atoms with Gasteiger partial charge in [-0.15, -0.1) is 0 Å². The number of imidazole rings is 1. The van der Waals surface area contributed by atoms with Crippen molar-refractivity contribution in [3.8, 4) is 11.5 Å². The van der Waals surface area contributed by atoms with Crippen molar-refractivity contribution >= 4 is 17.4 Å². The molecule has 0 aliphatic heterocycles. The van der Waals surface area contributed by atoms with Crippen LogP contribution < -0.4 is 4.90 Å². The fraction of sp³-hybridized carbons (Fsp3) is 0.0556. The Labute approximate surface area is 142 Å². The minimum absolute atomic E-state index is 0.307. The Balaban J connectivity index is 1.86. The summed E-state index contributed by atoms with van der Waals surface area (Å²) in [4.78, 5) is 23.2. The summed E-state index contributed by atoms with van der Waals surface area (Å²) in [6.45, 7) is 0. The summed E-state index contributed by atoms with van der Waals surface area (Å²) in [6.07, 6.45) is 4.84. The summed E-state index contributed by atoms with van der Waals surface area (Å²) in [6, 6.07) is 10.9. The highest BCUT2D eigenvalue weighted by Crippen LogP contribution is 2.26. The summed E-state index contributed by atoms with van der Waals surface area (Å²) in [5, 5.41) is 0. The van der Waals surface area contributed by atoms with E-state index in [-0.39, 0.29) is 11.7 Å². The van der Waals surface area contributed by atoms with E-state index in [0.717, 1.165) is 0 Å². The zero-order chi connectivity index (χ0) is 17.4. The van der Waals surface area contributed by atoms with Crippen molar-refractivity contribution in [2.24, 2.45) is 0 Å². The van der Waals surface area contributed by atoms with Gasteiger partial charge in [-0.25, -0.2) is 14.4 Å². The zero-order valence-electron chi connectivity index (χ0n) is 13.3. The first kappa shape index (κ1) is 15.1. The van der Waals surface area contributed by atoms with Crippen molar-refractivity contribution in [3.05, 3.63) is 72.6 Å². The average Bonchev–Trinajstić information content (AvgIpc) is 3.28. The number of furan rings is 1. The molecule has 25 heavy (non-hydrogen) atoms. The lowest BCUT2D eigenvalue weighted by atomic mass is 10.2. The van der Waals surface area contributed by atoms with Crippen LogP contribution >= 0.6 is 0 Å². The third-order valence-corrected chi connectivity index (χ3v) is 3.88. The van der Waals surface area contributed by atoms with Gasteiger partial charge >= 0.3 is 0 Å². The Kier molecular flexibility index (Phi) is 3.53. The number of aromatic nitrogens is 3. The summed E-state index contributed by atoms with van der Waals surface area (Å²) in [7, 11) is 1.62. The lowest BCUT2D eigenvalue weighted by Gasteiger charge is -2.17. The molecule has 0 spiro atoms. The first-order valence-electron chi connectivity index (χ1n) is 7.56. The molecule has 0 fully saturated rings. The van der Waals surface area contributed by atoms with E-state index in [0.29, 0.717) is 28.6 Å². The average molecular weight is 336 g/mol. The quantitative estimate of drug-likeness (QED) is 0.575. The molecule has 0 aliphatic rings. The van der Waals surface area contributed by atoms with E-state index >= 15 is 0 Å². The molecule has 3 aromatic heterocycles. The van der Waals surface area contributed by atoms with Gasteiger partial charge in [0.1, 0.15) is 17.2 Å². The fourth-order valence-electron chi connectivity index (χ4n) is 2.62. The van der Waals surface area contributed by atoms with Gasteiger partial charge in [-0.05, 0) is 42.5 Å². The molecule has 0 N–H and O–H groups in total. The van der Waals surface area contributed by atoms with Crippen molar-refractivity contribution in [2.45, 2.75) is 0 Å². The van der Waals surface area contributed by atoms with Crippen LogP contribution in [0.25, 0.3) is 17.2 Å². The van der Waals surface area contributed by atoms with Gasteiger partial charge in [0.2, 0.25) is 5.78 Å². The minimum Gasteiger partial charge on any atom is -0.463 e. The van der Waals surface area contributed by atoms with E-state index in [1.54, 1.807) is 54.2 Å². The normalized spacial score (nSPS) is 11.0. The topological polar surface area (TPSA) is 63.6 Å². The second kappa shape index (κ2) is 5.86. The molecule has 124 valence electrons. The largest absolute Gasteiger partial charge is 0.463 e. The number of rotatable bonds is 3. The number of hydrogen-bond donors (Lipinski definition) is 0. The summed E-state index contributed by atoms with van der Waals surface area (Å²) < 4.78 is 20.2. The van der Waals surface area contributed by atoms with E-state index < -0.39 is 0 Å². The predicted molar refractivity (Wildman–Crippen MR) is 89.8 cm³/mol. The van der Waals surface area contributed by atoms with Crippen LogP contribution in [-0.4, -0.2) is 27.3 Å². The van der Waals surface area contributed by atoms with Crippen LogP contribution in [0, 0.1) is 5.82 Å². The SMILES string of the molecule is CN(C(=O)c1c(-c2ccco2)nc2ncccn12)c1ccc(F)cc1. The number of fused-ring (bicyclic) bond motifs is 1. The minimum atomic E-state index is -0.361. The van der Waals surface area contributed by atoms with Gasteiger partial charge in [0.15, 0.2) is 5.76 Å². The molecular formula is C18H13FN4O2. The smallest absolute Gasteiger partial charge is 0.277 e. The number of amides is 1. The monoisotopic (exact) mass is 336 g/mol. The lowest BCUT2D eigenvalue weighted by molar-refractivity contribution is 0.0988. The van der Waals surface area contributed by atoms with Gasteiger partial charge < -0.3 is 9.32 Å². The van der Waals surface area contributed by atoms with Crippen molar-refractivity contribution in [2.75, 3.05) is 11.9 Å². The first-order chi connectivity index (χ1) is 12.1. The van der Waals surface area contributed by atoms with Crippen molar-refractivity contribution in [1.29, 1.82) is 0 Å². The van der Waals surface area contributed by atoms with Crippen LogP contribution in [0.1, 0.15) is 10.5 Å². The Morgan fingerprint density at radius 3 is 2.72 bits per heavy atom. The van der Waals surface area contributed by atoms with Crippen molar-refractivity contribution in [1.82, 2.24) is 14.4 Å². The molecular weight excluding hydrogens is 323 g/mol. The van der Waals surface area contributed by atoms with Crippen molar-refractivity contribution < 1.29 is 13.6 Å². The molecule has 0 bridgehead atoms. The second-order valence-corrected chi connectivity index (χ2v) is 5.42. The van der Waals surface area contributed by atoms with Gasteiger partial charge in [0, 0.05) is 25.1 Å². The number of anilines is 1. The molecule has 0 atom stereocenters. The van der Waals surface area contributed by atoms with Crippen LogP contribution in [0.5, 0.6) is 0 Å².